The first-order valence-electron chi connectivity index (χ1n) is 21.2. The Morgan fingerprint density at radius 1 is 0.852 bits per heavy atom. The number of sulfonamides is 1. The fourth-order valence-electron chi connectivity index (χ4n) is 9.59. The number of imide groups is 1. The highest BCUT2D eigenvalue weighted by molar-refractivity contribution is 7.92. The Balaban J connectivity index is 0.735. The average molecular weight is 869 g/mol. The second-order valence-electron chi connectivity index (χ2n) is 16.8. The molecule has 2 amide bonds. The van der Waals surface area contributed by atoms with Gasteiger partial charge in [0.15, 0.2) is 5.82 Å². The summed E-state index contributed by atoms with van der Waals surface area (Å²) in [5.41, 5.74) is 6.16. The lowest BCUT2D eigenvalue weighted by Gasteiger charge is -2.46. The van der Waals surface area contributed by atoms with E-state index < -0.39 is 10.0 Å². The number of rotatable bonds is 12. The van der Waals surface area contributed by atoms with Gasteiger partial charge in [0, 0.05) is 101 Å². The van der Waals surface area contributed by atoms with Crippen LogP contribution in [0.15, 0.2) is 66.9 Å². The highest BCUT2D eigenvalue weighted by Gasteiger charge is 2.34. The molecule has 3 aromatic carbocycles. The van der Waals surface area contributed by atoms with Crippen molar-refractivity contribution in [1.82, 2.24) is 25.1 Å². The monoisotopic (exact) mass is 868 g/mol. The van der Waals surface area contributed by atoms with Crippen molar-refractivity contribution in [3.63, 3.8) is 0 Å². The number of halogens is 1. The summed E-state index contributed by atoms with van der Waals surface area (Å²) in [6, 6.07) is 20.7. The Labute approximate surface area is 362 Å². The van der Waals surface area contributed by atoms with Gasteiger partial charge in [-0.15, -0.1) is 0 Å². The highest BCUT2D eigenvalue weighted by Crippen LogP contribution is 2.40. The molecule has 15 nitrogen and oxygen atoms in total. The summed E-state index contributed by atoms with van der Waals surface area (Å²) in [6.45, 7) is 10.00. The van der Waals surface area contributed by atoms with Gasteiger partial charge in [0.25, 0.3) is 0 Å². The second kappa shape index (κ2) is 17.3. The van der Waals surface area contributed by atoms with E-state index >= 15 is 0 Å². The number of carbonyl (C=O) groups excluding carboxylic acids is 2. The van der Waals surface area contributed by atoms with Crippen LogP contribution in [0.25, 0.3) is 0 Å². The number of piperazine rings is 1. The molecule has 4 fully saturated rings. The quantitative estimate of drug-likeness (QED) is 0.160. The summed E-state index contributed by atoms with van der Waals surface area (Å²) in [4.78, 5) is 43.1. The van der Waals surface area contributed by atoms with Gasteiger partial charge in [-0.3, -0.25) is 24.1 Å². The van der Waals surface area contributed by atoms with Crippen molar-refractivity contribution < 1.29 is 22.7 Å². The summed E-state index contributed by atoms with van der Waals surface area (Å²) in [6.07, 6.45) is 6.56. The van der Waals surface area contributed by atoms with E-state index in [9.17, 15) is 18.0 Å². The van der Waals surface area contributed by atoms with Crippen molar-refractivity contribution in [1.29, 1.82) is 0 Å². The third-order valence-electron chi connectivity index (χ3n) is 12.9. The number of nitrogens with one attached hydrogen (secondary N) is 3. The number of hydrogen-bond donors (Lipinski definition) is 3. The van der Waals surface area contributed by atoms with E-state index in [1.165, 1.54) is 22.4 Å². The van der Waals surface area contributed by atoms with Gasteiger partial charge in [-0.2, -0.15) is 4.98 Å². The number of carbonyl (C=O) groups is 2. The molecule has 3 N–H and O–H groups in total. The molecule has 0 spiro atoms. The summed E-state index contributed by atoms with van der Waals surface area (Å²) < 4.78 is 32.3. The van der Waals surface area contributed by atoms with Gasteiger partial charge in [0.1, 0.15) is 10.8 Å². The Morgan fingerprint density at radius 2 is 1.61 bits per heavy atom. The van der Waals surface area contributed by atoms with Gasteiger partial charge in [-0.05, 0) is 67.1 Å². The Hall–Kier alpha value is -5.16. The molecular formula is C44H53ClN10O5S. The molecular weight excluding hydrogens is 816 g/mol. The summed E-state index contributed by atoms with van der Waals surface area (Å²) in [5.74, 6) is 1.40. The number of anilines is 7. The lowest BCUT2D eigenvalue weighted by Crippen LogP contribution is -2.57. The molecule has 4 aromatic rings. The van der Waals surface area contributed by atoms with Crippen LogP contribution in [0.4, 0.5) is 40.2 Å². The number of methoxy groups -OCH3 is 1. The number of ether oxygens (including phenoxy) is 1. The molecule has 9 rings (SSSR count). The van der Waals surface area contributed by atoms with Crippen molar-refractivity contribution in [2.75, 3.05) is 104 Å². The van der Waals surface area contributed by atoms with E-state index in [1.807, 2.05) is 36.4 Å². The van der Waals surface area contributed by atoms with Crippen molar-refractivity contribution in [3.05, 3.63) is 83.0 Å². The molecule has 0 radical (unpaired) electrons. The Morgan fingerprint density at radius 3 is 2.33 bits per heavy atom. The number of hydrogen-bond acceptors (Lipinski definition) is 13. The van der Waals surface area contributed by atoms with Crippen LogP contribution in [0.5, 0.6) is 5.75 Å². The fraction of sp³-hybridized carbons (Fsp3) is 0.455. The second-order valence-corrected chi connectivity index (χ2v) is 19.2. The van der Waals surface area contributed by atoms with E-state index in [0.29, 0.717) is 77.4 Å². The van der Waals surface area contributed by atoms with Crippen LogP contribution in [0.3, 0.4) is 0 Å². The summed E-state index contributed by atoms with van der Waals surface area (Å²) in [5, 5.41) is 9.30. The van der Waals surface area contributed by atoms with Crippen molar-refractivity contribution in [3.8, 4) is 5.75 Å². The van der Waals surface area contributed by atoms with E-state index in [2.05, 4.69) is 69.8 Å². The van der Waals surface area contributed by atoms with Crippen LogP contribution >= 0.6 is 11.6 Å². The van der Waals surface area contributed by atoms with E-state index in [1.54, 1.807) is 7.11 Å². The molecule has 5 aliphatic heterocycles. The maximum absolute atomic E-state index is 12.5. The lowest BCUT2D eigenvalue weighted by molar-refractivity contribution is -0.134. The van der Waals surface area contributed by atoms with Crippen LogP contribution in [-0.4, -0.2) is 125 Å². The third kappa shape index (κ3) is 8.94. The van der Waals surface area contributed by atoms with Crippen molar-refractivity contribution >= 4 is 73.6 Å². The van der Waals surface area contributed by atoms with Crippen molar-refractivity contribution in [2.24, 2.45) is 5.92 Å². The van der Waals surface area contributed by atoms with Crippen LogP contribution in [-0.2, 0) is 26.0 Å². The van der Waals surface area contributed by atoms with Gasteiger partial charge in [-0.25, -0.2) is 13.4 Å². The lowest BCUT2D eigenvalue weighted by atomic mass is 9.90. The first kappa shape index (κ1) is 41.2. The number of aromatic nitrogens is 2. The molecule has 6 heterocycles. The minimum atomic E-state index is -3.45. The molecule has 4 saturated heterocycles. The molecule has 61 heavy (non-hydrogen) atoms. The first-order chi connectivity index (χ1) is 29.5. The number of piperidine rings is 2. The van der Waals surface area contributed by atoms with Crippen LogP contribution in [0, 0.1) is 5.92 Å². The normalized spacial score (nSPS) is 20.6. The van der Waals surface area contributed by atoms with Crippen molar-refractivity contribution in [2.45, 2.75) is 44.1 Å². The van der Waals surface area contributed by atoms with E-state index in [-0.39, 0.29) is 17.7 Å². The fourth-order valence-corrected chi connectivity index (χ4v) is 10.7. The molecule has 1 aromatic heterocycles. The maximum Gasteiger partial charge on any atom is 0.234 e. The van der Waals surface area contributed by atoms with Gasteiger partial charge in [0.2, 0.25) is 27.8 Å². The van der Waals surface area contributed by atoms with Gasteiger partial charge in [-0.1, -0.05) is 35.9 Å². The molecule has 0 aliphatic carbocycles. The minimum absolute atomic E-state index is 0.179. The van der Waals surface area contributed by atoms with Crippen LogP contribution in [0.1, 0.15) is 42.7 Å². The average Bonchev–Trinajstić information content (AvgIpc) is 3.70. The number of benzene rings is 3. The number of amides is 2. The maximum atomic E-state index is 12.5. The Kier molecular flexibility index (Phi) is 11.7. The van der Waals surface area contributed by atoms with Crippen LogP contribution < -0.4 is 34.8 Å². The Bertz CT molecular complexity index is 2380. The predicted molar refractivity (Wildman–Crippen MR) is 239 cm³/mol. The zero-order chi connectivity index (χ0) is 42.3. The largest absolute Gasteiger partial charge is 0.494 e. The molecule has 0 bridgehead atoms. The molecule has 1 unspecified atom stereocenters. The third-order valence-corrected chi connectivity index (χ3v) is 14.4. The highest BCUT2D eigenvalue weighted by atomic mass is 35.5. The standard InChI is InChI=1S/C44H53ClN10O5S/c1-60-39-24-34(10-12-37(39)48-44-46-25-36(45)42(50-44)47-38-5-3-4-31-14-19-55(41(31)38)61(2,58)59)52-17-15-33(16-18-52)53-22-20-51(21-23-53)26-29-27-54(28-29)32-8-6-30(7-9-32)35-11-13-40(56)49-43(35)57/h3-10,12,24-25,29,33,35H,11,13-23,26-28H2,1-2H3,(H,49,56,57)(H2,46,47,48,50). The smallest absolute Gasteiger partial charge is 0.234 e. The van der Waals surface area contributed by atoms with Gasteiger partial charge in [0.05, 0.1) is 42.5 Å². The SMILES string of the molecule is COc1cc(N2CCC(N3CCN(CC4CN(c5ccc(C6CCC(=O)NC6=O)cc5)C4)CC3)CC2)ccc1Nc1ncc(Cl)c(Nc2cccc3c2N(S(C)(=O)=O)CC3)n1. The zero-order valence-electron chi connectivity index (χ0n) is 34.6. The molecule has 322 valence electrons. The number of fused-ring (bicyclic) bond motifs is 1. The predicted octanol–water partition coefficient (Wildman–Crippen LogP) is 5.19. The molecule has 0 saturated carbocycles. The summed E-state index contributed by atoms with van der Waals surface area (Å²) >= 11 is 6.53. The minimum Gasteiger partial charge on any atom is -0.494 e. The molecule has 5 aliphatic rings. The topological polar surface area (TPSA) is 156 Å². The molecule has 17 heteroatoms. The van der Waals surface area contributed by atoms with Gasteiger partial charge >= 0.3 is 0 Å². The van der Waals surface area contributed by atoms with E-state index in [4.69, 9.17) is 16.3 Å². The van der Waals surface area contributed by atoms with Gasteiger partial charge < -0.3 is 30.1 Å². The van der Waals surface area contributed by atoms with E-state index in [0.717, 1.165) is 88.6 Å². The first-order valence-corrected chi connectivity index (χ1v) is 23.5. The summed E-state index contributed by atoms with van der Waals surface area (Å²) in [7, 11) is -1.80. The zero-order valence-corrected chi connectivity index (χ0v) is 36.2. The molecule has 1 atom stereocenters. The number of para-hydroxylation sites is 1. The number of nitrogens with zero attached hydrogens (tertiary/aromatic N) is 7. The van der Waals surface area contributed by atoms with Crippen LogP contribution in [0.2, 0.25) is 5.02 Å².